The summed E-state index contributed by atoms with van der Waals surface area (Å²) >= 11 is 0. The molecule has 0 radical (unpaired) electrons. The molecule has 2 N–H and O–H groups in total. The summed E-state index contributed by atoms with van der Waals surface area (Å²) < 4.78 is 10.1. The van der Waals surface area contributed by atoms with Crippen molar-refractivity contribution in [1.82, 2.24) is 0 Å². The van der Waals surface area contributed by atoms with E-state index in [0.29, 0.717) is 11.5 Å². The monoisotopic (exact) mass is 196 g/mol. The molecular weight excluding hydrogens is 183 g/mol. The first-order chi connectivity index (χ1) is 6.65. The van der Waals surface area contributed by atoms with E-state index in [0.717, 1.165) is 5.56 Å². The molecule has 5 heteroatoms. The van der Waals surface area contributed by atoms with Gasteiger partial charge in [0.1, 0.15) is 11.5 Å². The van der Waals surface area contributed by atoms with Crippen LogP contribution < -0.4 is 9.47 Å². The van der Waals surface area contributed by atoms with Crippen molar-refractivity contribution in [3.63, 3.8) is 0 Å². The van der Waals surface area contributed by atoms with Crippen LogP contribution in [-0.2, 0) is 6.32 Å². The Labute approximate surface area is 83.2 Å². The Morgan fingerprint density at radius 3 is 1.93 bits per heavy atom. The molecule has 1 rings (SSSR count). The van der Waals surface area contributed by atoms with Crippen LogP contribution in [0.25, 0.3) is 0 Å². The van der Waals surface area contributed by atoms with Gasteiger partial charge in [-0.15, -0.1) is 0 Å². The zero-order chi connectivity index (χ0) is 10.6. The number of methoxy groups -OCH3 is 2. The number of benzene rings is 1. The highest BCUT2D eigenvalue weighted by atomic mass is 16.5. The molecular formula is C9H13BO4. The van der Waals surface area contributed by atoms with Crippen molar-refractivity contribution < 1.29 is 19.5 Å². The van der Waals surface area contributed by atoms with Crippen LogP contribution in [0.3, 0.4) is 0 Å². The van der Waals surface area contributed by atoms with Gasteiger partial charge in [0.15, 0.2) is 0 Å². The van der Waals surface area contributed by atoms with Crippen molar-refractivity contribution in [2.24, 2.45) is 0 Å². The summed E-state index contributed by atoms with van der Waals surface area (Å²) in [6, 6.07) is 5.21. The minimum absolute atomic E-state index is 0.160. The third-order valence-corrected chi connectivity index (χ3v) is 1.83. The van der Waals surface area contributed by atoms with Gasteiger partial charge < -0.3 is 19.5 Å². The molecule has 0 bridgehead atoms. The third-order valence-electron chi connectivity index (χ3n) is 1.83. The molecule has 0 atom stereocenters. The number of hydrogen-bond acceptors (Lipinski definition) is 4. The molecule has 0 aliphatic rings. The number of rotatable bonds is 4. The summed E-state index contributed by atoms with van der Waals surface area (Å²) in [6.07, 6.45) is 0.160. The first kappa shape index (κ1) is 10.9. The van der Waals surface area contributed by atoms with Gasteiger partial charge in [0.25, 0.3) is 0 Å². The fraction of sp³-hybridized carbons (Fsp3) is 0.333. The number of ether oxygens (including phenoxy) is 2. The maximum absolute atomic E-state index is 8.81. The van der Waals surface area contributed by atoms with E-state index in [-0.39, 0.29) is 6.32 Å². The lowest BCUT2D eigenvalue weighted by Gasteiger charge is -2.07. The molecule has 1 aromatic rings. The largest absolute Gasteiger partial charge is 0.497 e. The lowest BCUT2D eigenvalue weighted by Crippen LogP contribution is -2.15. The molecule has 0 heterocycles. The normalized spacial score (nSPS) is 9.71. The molecule has 0 amide bonds. The van der Waals surface area contributed by atoms with Gasteiger partial charge in [0.2, 0.25) is 0 Å². The quantitative estimate of drug-likeness (QED) is 0.678. The zero-order valence-electron chi connectivity index (χ0n) is 8.23. The topological polar surface area (TPSA) is 58.9 Å². The molecule has 0 unspecified atom stereocenters. The second-order valence-electron chi connectivity index (χ2n) is 2.91. The highest BCUT2D eigenvalue weighted by Crippen LogP contribution is 2.22. The molecule has 76 valence electrons. The smallest absolute Gasteiger partial charge is 0.456 e. The van der Waals surface area contributed by atoms with Crippen molar-refractivity contribution in [3.8, 4) is 11.5 Å². The van der Waals surface area contributed by atoms with Crippen LogP contribution in [0.5, 0.6) is 11.5 Å². The lowest BCUT2D eigenvalue weighted by molar-refractivity contribution is 0.391. The van der Waals surface area contributed by atoms with Crippen LogP contribution >= 0.6 is 0 Å². The minimum atomic E-state index is -1.35. The van der Waals surface area contributed by atoms with Crippen LogP contribution in [0.1, 0.15) is 5.56 Å². The minimum Gasteiger partial charge on any atom is -0.497 e. The highest BCUT2D eigenvalue weighted by Gasteiger charge is 2.10. The van der Waals surface area contributed by atoms with Gasteiger partial charge in [-0.3, -0.25) is 0 Å². The Hall–Kier alpha value is -1.20. The highest BCUT2D eigenvalue weighted by molar-refractivity contribution is 6.40. The molecule has 0 aliphatic heterocycles. The van der Waals surface area contributed by atoms with Crippen LogP contribution in [0, 0.1) is 0 Å². The zero-order valence-corrected chi connectivity index (χ0v) is 8.23. The van der Waals surface area contributed by atoms with E-state index in [4.69, 9.17) is 19.5 Å². The Morgan fingerprint density at radius 1 is 1.07 bits per heavy atom. The van der Waals surface area contributed by atoms with Crippen molar-refractivity contribution in [2.45, 2.75) is 6.32 Å². The van der Waals surface area contributed by atoms with Crippen LogP contribution in [-0.4, -0.2) is 31.4 Å². The van der Waals surface area contributed by atoms with Gasteiger partial charge in [0.05, 0.1) is 14.2 Å². The van der Waals surface area contributed by atoms with E-state index < -0.39 is 7.12 Å². The molecule has 4 nitrogen and oxygen atoms in total. The van der Waals surface area contributed by atoms with Gasteiger partial charge in [-0.05, 0) is 17.7 Å². The molecule has 0 saturated carbocycles. The van der Waals surface area contributed by atoms with Crippen molar-refractivity contribution in [3.05, 3.63) is 23.8 Å². The van der Waals surface area contributed by atoms with Crippen molar-refractivity contribution in [1.29, 1.82) is 0 Å². The summed E-state index contributed by atoms with van der Waals surface area (Å²) in [6.45, 7) is 0. The van der Waals surface area contributed by atoms with Crippen LogP contribution in [0.15, 0.2) is 18.2 Å². The van der Waals surface area contributed by atoms with E-state index >= 15 is 0 Å². The second-order valence-corrected chi connectivity index (χ2v) is 2.91. The lowest BCUT2D eigenvalue weighted by atomic mass is 9.82. The third kappa shape index (κ3) is 2.94. The van der Waals surface area contributed by atoms with Crippen molar-refractivity contribution in [2.75, 3.05) is 14.2 Å². The van der Waals surface area contributed by atoms with E-state index in [9.17, 15) is 0 Å². The molecule has 14 heavy (non-hydrogen) atoms. The maximum Gasteiger partial charge on any atom is 0.456 e. The van der Waals surface area contributed by atoms with E-state index in [1.54, 1.807) is 32.4 Å². The Balaban J connectivity index is 2.92. The summed E-state index contributed by atoms with van der Waals surface area (Å²) in [5.74, 6) is 1.28. The van der Waals surface area contributed by atoms with Gasteiger partial charge in [-0.25, -0.2) is 0 Å². The fourth-order valence-corrected chi connectivity index (χ4v) is 1.20. The van der Waals surface area contributed by atoms with Crippen LogP contribution in [0.2, 0.25) is 0 Å². The van der Waals surface area contributed by atoms with E-state index in [1.807, 2.05) is 0 Å². The van der Waals surface area contributed by atoms with Gasteiger partial charge >= 0.3 is 7.12 Å². The first-order valence-corrected chi connectivity index (χ1v) is 4.23. The molecule has 0 aromatic heterocycles. The fourth-order valence-electron chi connectivity index (χ4n) is 1.20. The first-order valence-electron chi connectivity index (χ1n) is 4.23. The number of hydrogen-bond donors (Lipinski definition) is 2. The molecule has 0 spiro atoms. The molecule has 0 aliphatic carbocycles. The Morgan fingerprint density at radius 2 is 1.57 bits per heavy atom. The molecule has 1 aromatic carbocycles. The summed E-state index contributed by atoms with van der Waals surface area (Å²) in [4.78, 5) is 0. The Kier molecular flexibility index (Phi) is 3.79. The predicted molar refractivity (Wildman–Crippen MR) is 53.4 cm³/mol. The molecule has 0 saturated heterocycles. The average Bonchev–Trinajstić information content (AvgIpc) is 2.16. The van der Waals surface area contributed by atoms with Crippen molar-refractivity contribution >= 4 is 7.12 Å². The van der Waals surface area contributed by atoms with Gasteiger partial charge in [0, 0.05) is 12.4 Å². The summed E-state index contributed by atoms with van der Waals surface area (Å²) in [5.41, 5.74) is 0.760. The van der Waals surface area contributed by atoms with Gasteiger partial charge in [-0.2, -0.15) is 0 Å². The standard InChI is InChI=1S/C9H13BO4/c1-13-8-3-7(6-10(11)12)4-9(5-8)14-2/h3-5,11-12H,6H2,1-2H3. The maximum atomic E-state index is 8.81. The average molecular weight is 196 g/mol. The van der Waals surface area contributed by atoms with E-state index in [2.05, 4.69) is 0 Å². The Bertz CT molecular complexity index is 279. The van der Waals surface area contributed by atoms with Crippen LogP contribution in [0.4, 0.5) is 0 Å². The summed E-state index contributed by atoms with van der Waals surface area (Å²) in [7, 11) is 1.74. The molecule has 0 fully saturated rings. The van der Waals surface area contributed by atoms with Gasteiger partial charge in [-0.1, -0.05) is 0 Å². The second kappa shape index (κ2) is 4.88. The predicted octanol–water partition coefficient (Wildman–Crippen LogP) is 0.258. The SMILES string of the molecule is COc1cc(CB(O)O)cc(OC)c1. The summed E-state index contributed by atoms with van der Waals surface area (Å²) in [5, 5.41) is 17.6. The van der Waals surface area contributed by atoms with E-state index in [1.165, 1.54) is 0 Å².